The molecule has 0 saturated carbocycles. The molecular formula is C16H23BrN2O2. The summed E-state index contributed by atoms with van der Waals surface area (Å²) < 4.78 is 6.61. The number of ether oxygens (including phenoxy) is 1. The lowest BCUT2D eigenvalue weighted by molar-refractivity contribution is -0.135. The van der Waals surface area contributed by atoms with E-state index in [-0.39, 0.29) is 18.0 Å². The standard InChI is InChI=1S/C16H23BrN2O2/c1-11-3-4-15(14(17)9-11)21-8-6-16(20)19-7-5-13(18)10-12(19)2/h3-4,9,12-13H,5-8,10,18H2,1-2H3/t12-,13+/m1/s1. The van der Waals surface area contributed by atoms with Crippen molar-refractivity contribution < 1.29 is 9.53 Å². The van der Waals surface area contributed by atoms with Gasteiger partial charge in [0.2, 0.25) is 5.91 Å². The summed E-state index contributed by atoms with van der Waals surface area (Å²) in [7, 11) is 0. The monoisotopic (exact) mass is 354 g/mol. The second-order valence-corrected chi connectivity index (χ2v) is 6.61. The molecular weight excluding hydrogens is 332 g/mol. The van der Waals surface area contributed by atoms with Gasteiger partial charge in [-0.2, -0.15) is 0 Å². The van der Waals surface area contributed by atoms with Gasteiger partial charge in [-0.3, -0.25) is 4.79 Å². The number of carbonyl (C=O) groups excluding carboxylic acids is 1. The fourth-order valence-electron chi connectivity index (χ4n) is 2.69. The molecule has 1 aromatic rings. The van der Waals surface area contributed by atoms with Crippen LogP contribution in [0, 0.1) is 6.92 Å². The van der Waals surface area contributed by atoms with E-state index in [2.05, 4.69) is 22.9 Å². The van der Waals surface area contributed by atoms with Crippen LogP contribution in [-0.2, 0) is 4.79 Å². The van der Waals surface area contributed by atoms with Crippen LogP contribution in [0.4, 0.5) is 0 Å². The molecule has 2 rings (SSSR count). The van der Waals surface area contributed by atoms with Crippen LogP contribution in [-0.4, -0.2) is 36.0 Å². The average Bonchev–Trinajstić information content (AvgIpc) is 2.41. The SMILES string of the molecule is Cc1ccc(OCCC(=O)N2CC[C@H](N)C[C@H]2C)c(Br)c1. The molecule has 0 radical (unpaired) electrons. The van der Waals surface area contributed by atoms with Crippen LogP contribution < -0.4 is 10.5 Å². The summed E-state index contributed by atoms with van der Waals surface area (Å²) in [5.74, 6) is 0.930. The van der Waals surface area contributed by atoms with Gasteiger partial charge in [-0.05, 0) is 60.3 Å². The molecule has 0 unspecified atom stereocenters. The van der Waals surface area contributed by atoms with Gasteiger partial charge in [0, 0.05) is 18.6 Å². The molecule has 1 aliphatic rings. The van der Waals surface area contributed by atoms with Crippen LogP contribution in [0.25, 0.3) is 0 Å². The van der Waals surface area contributed by atoms with E-state index in [1.54, 1.807) is 0 Å². The summed E-state index contributed by atoms with van der Waals surface area (Å²) >= 11 is 3.47. The Balaban J connectivity index is 1.81. The van der Waals surface area contributed by atoms with Gasteiger partial charge >= 0.3 is 0 Å². The van der Waals surface area contributed by atoms with Crippen molar-refractivity contribution in [1.82, 2.24) is 4.90 Å². The lowest BCUT2D eigenvalue weighted by Crippen LogP contribution is -2.48. The summed E-state index contributed by atoms with van der Waals surface area (Å²) in [6.45, 7) is 5.25. The number of likely N-dealkylation sites (tertiary alicyclic amines) is 1. The van der Waals surface area contributed by atoms with Gasteiger partial charge in [-0.1, -0.05) is 6.07 Å². The summed E-state index contributed by atoms with van der Waals surface area (Å²) in [6, 6.07) is 6.38. The summed E-state index contributed by atoms with van der Waals surface area (Å²) in [5, 5.41) is 0. The number of hydrogen-bond acceptors (Lipinski definition) is 3. The molecule has 0 bridgehead atoms. The van der Waals surface area contributed by atoms with E-state index in [1.807, 2.05) is 30.0 Å². The Hall–Kier alpha value is -1.07. The van der Waals surface area contributed by atoms with Crippen LogP contribution >= 0.6 is 15.9 Å². The van der Waals surface area contributed by atoms with Crippen molar-refractivity contribution in [1.29, 1.82) is 0 Å². The van der Waals surface area contributed by atoms with E-state index < -0.39 is 0 Å². The smallest absolute Gasteiger partial charge is 0.226 e. The van der Waals surface area contributed by atoms with Crippen molar-refractivity contribution in [2.45, 2.75) is 45.2 Å². The number of hydrogen-bond donors (Lipinski definition) is 1. The van der Waals surface area contributed by atoms with E-state index in [0.29, 0.717) is 13.0 Å². The minimum Gasteiger partial charge on any atom is -0.492 e. The Kier molecular flexibility index (Phi) is 5.65. The van der Waals surface area contributed by atoms with Crippen LogP contribution in [0.15, 0.2) is 22.7 Å². The highest BCUT2D eigenvalue weighted by Crippen LogP contribution is 2.26. The van der Waals surface area contributed by atoms with Gasteiger partial charge in [-0.15, -0.1) is 0 Å². The fourth-order valence-corrected chi connectivity index (χ4v) is 3.30. The highest BCUT2D eigenvalue weighted by atomic mass is 79.9. The quantitative estimate of drug-likeness (QED) is 0.904. The molecule has 0 spiro atoms. The van der Waals surface area contributed by atoms with Gasteiger partial charge < -0.3 is 15.4 Å². The Morgan fingerprint density at radius 2 is 2.29 bits per heavy atom. The lowest BCUT2D eigenvalue weighted by Gasteiger charge is -2.36. The molecule has 21 heavy (non-hydrogen) atoms. The molecule has 0 aliphatic carbocycles. The number of aryl methyl sites for hydroxylation is 1. The predicted molar refractivity (Wildman–Crippen MR) is 87.4 cm³/mol. The first kappa shape index (κ1) is 16.3. The van der Waals surface area contributed by atoms with Gasteiger partial charge in [-0.25, -0.2) is 0 Å². The lowest BCUT2D eigenvalue weighted by atomic mass is 9.99. The van der Waals surface area contributed by atoms with E-state index >= 15 is 0 Å². The second-order valence-electron chi connectivity index (χ2n) is 5.75. The first-order valence-corrected chi connectivity index (χ1v) is 8.20. The molecule has 2 atom stereocenters. The molecule has 1 saturated heterocycles. The van der Waals surface area contributed by atoms with Crippen LogP contribution in [0.1, 0.15) is 31.7 Å². The van der Waals surface area contributed by atoms with Crippen molar-refractivity contribution in [3.63, 3.8) is 0 Å². The van der Waals surface area contributed by atoms with Crippen molar-refractivity contribution in [2.24, 2.45) is 5.73 Å². The Bertz CT molecular complexity index is 507. The van der Waals surface area contributed by atoms with E-state index in [4.69, 9.17) is 10.5 Å². The number of carbonyl (C=O) groups is 1. The largest absolute Gasteiger partial charge is 0.492 e. The average molecular weight is 355 g/mol. The van der Waals surface area contributed by atoms with Gasteiger partial charge in [0.1, 0.15) is 5.75 Å². The van der Waals surface area contributed by atoms with Crippen molar-refractivity contribution >= 4 is 21.8 Å². The number of amides is 1. The molecule has 4 nitrogen and oxygen atoms in total. The van der Waals surface area contributed by atoms with Crippen LogP contribution in [0.5, 0.6) is 5.75 Å². The van der Waals surface area contributed by atoms with E-state index in [1.165, 1.54) is 5.56 Å². The third-order valence-corrected chi connectivity index (χ3v) is 4.52. The highest BCUT2D eigenvalue weighted by molar-refractivity contribution is 9.10. The summed E-state index contributed by atoms with van der Waals surface area (Å²) in [5.41, 5.74) is 7.09. The minimum atomic E-state index is 0.151. The molecule has 1 aliphatic heterocycles. The molecule has 1 amide bonds. The molecule has 1 heterocycles. The molecule has 0 aromatic heterocycles. The van der Waals surface area contributed by atoms with Gasteiger partial charge in [0.25, 0.3) is 0 Å². The number of nitrogens with two attached hydrogens (primary N) is 1. The molecule has 1 fully saturated rings. The summed E-state index contributed by atoms with van der Waals surface area (Å²) in [4.78, 5) is 14.2. The van der Waals surface area contributed by atoms with Crippen molar-refractivity contribution in [3.8, 4) is 5.75 Å². The Morgan fingerprint density at radius 1 is 1.52 bits per heavy atom. The van der Waals surface area contributed by atoms with E-state index in [9.17, 15) is 4.79 Å². The molecule has 116 valence electrons. The maximum absolute atomic E-state index is 12.2. The number of benzene rings is 1. The maximum Gasteiger partial charge on any atom is 0.226 e. The Morgan fingerprint density at radius 3 is 2.95 bits per heavy atom. The zero-order valence-corrected chi connectivity index (χ0v) is 14.2. The first-order chi connectivity index (χ1) is 9.97. The fraction of sp³-hybridized carbons (Fsp3) is 0.562. The molecule has 2 N–H and O–H groups in total. The normalized spacial score (nSPS) is 22.2. The third-order valence-electron chi connectivity index (χ3n) is 3.90. The van der Waals surface area contributed by atoms with Crippen LogP contribution in [0.3, 0.4) is 0 Å². The van der Waals surface area contributed by atoms with Crippen molar-refractivity contribution in [2.75, 3.05) is 13.2 Å². The number of nitrogens with zero attached hydrogens (tertiary/aromatic N) is 1. The third kappa shape index (κ3) is 4.45. The maximum atomic E-state index is 12.2. The zero-order valence-electron chi connectivity index (χ0n) is 12.6. The summed E-state index contributed by atoms with van der Waals surface area (Å²) in [6.07, 6.45) is 2.18. The number of rotatable bonds is 4. The zero-order chi connectivity index (χ0) is 15.4. The first-order valence-electron chi connectivity index (χ1n) is 7.41. The minimum absolute atomic E-state index is 0.151. The topological polar surface area (TPSA) is 55.6 Å². The van der Waals surface area contributed by atoms with E-state index in [0.717, 1.165) is 29.6 Å². The number of halogens is 1. The molecule has 5 heteroatoms. The van der Waals surface area contributed by atoms with Crippen molar-refractivity contribution in [3.05, 3.63) is 28.2 Å². The predicted octanol–water partition coefficient (Wildman–Crippen LogP) is 2.86. The van der Waals surface area contributed by atoms with Gasteiger partial charge in [0.15, 0.2) is 0 Å². The van der Waals surface area contributed by atoms with Gasteiger partial charge in [0.05, 0.1) is 17.5 Å². The highest BCUT2D eigenvalue weighted by Gasteiger charge is 2.26. The molecule has 1 aromatic carbocycles. The second kappa shape index (κ2) is 7.27. The Labute approximate surface area is 134 Å². The number of piperidine rings is 1. The van der Waals surface area contributed by atoms with Crippen LogP contribution in [0.2, 0.25) is 0 Å².